The second kappa shape index (κ2) is 8.17. The van der Waals surface area contributed by atoms with Gasteiger partial charge in [-0.1, -0.05) is 13.8 Å². The van der Waals surface area contributed by atoms with Crippen LogP contribution in [0.4, 0.5) is 4.79 Å². The number of hydrogen-bond acceptors (Lipinski definition) is 4. The molecule has 1 fully saturated rings. The molecule has 0 radical (unpaired) electrons. The second-order valence-corrected chi connectivity index (χ2v) is 6.32. The molecule has 0 spiro atoms. The third-order valence-corrected chi connectivity index (χ3v) is 3.94. The fourth-order valence-corrected chi connectivity index (χ4v) is 2.81. The van der Waals surface area contributed by atoms with E-state index in [0.29, 0.717) is 18.4 Å². The van der Waals surface area contributed by atoms with Crippen LogP contribution in [0.1, 0.15) is 51.1 Å². The third-order valence-electron chi connectivity index (χ3n) is 3.94. The van der Waals surface area contributed by atoms with Crippen LogP contribution in [0.2, 0.25) is 0 Å². The molecule has 1 aromatic heterocycles. The van der Waals surface area contributed by atoms with Crippen molar-refractivity contribution < 1.29 is 9.21 Å². The van der Waals surface area contributed by atoms with Gasteiger partial charge in [-0.2, -0.15) is 0 Å². The number of carbonyl (C=O) groups excluding carboxylic acids is 1. The molecule has 2 N–H and O–H groups in total. The number of likely N-dealkylation sites (tertiary alicyclic amines) is 1. The van der Waals surface area contributed by atoms with Crippen LogP contribution in [0, 0.1) is 5.92 Å². The minimum Gasteiger partial charge on any atom is -0.448 e. The van der Waals surface area contributed by atoms with Crippen molar-refractivity contribution in [3.05, 3.63) is 17.8 Å². The first kappa shape index (κ1) is 16.8. The molecule has 2 amide bonds. The standard InChI is InChI=1S/C16H28N4O2/c1-4-17-16(21)18-8-13-6-5-7-20(9-13)10-14-11-22-15(19-14)12(2)3/h11-13H,4-10H2,1-3H3,(H2,17,18,21)/t13-/m1/s1. The smallest absolute Gasteiger partial charge is 0.314 e. The fraction of sp³-hybridized carbons (Fsp3) is 0.750. The topological polar surface area (TPSA) is 70.4 Å². The van der Waals surface area contributed by atoms with E-state index in [-0.39, 0.29) is 6.03 Å². The number of aromatic nitrogens is 1. The summed E-state index contributed by atoms with van der Waals surface area (Å²) in [7, 11) is 0. The maximum absolute atomic E-state index is 11.5. The van der Waals surface area contributed by atoms with Crippen LogP contribution in [-0.4, -0.2) is 42.1 Å². The summed E-state index contributed by atoms with van der Waals surface area (Å²) in [6.45, 7) is 10.4. The molecule has 1 atom stereocenters. The van der Waals surface area contributed by atoms with E-state index in [9.17, 15) is 4.79 Å². The van der Waals surface area contributed by atoms with Gasteiger partial charge in [0, 0.05) is 32.1 Å². The number of oxazole rings is 1. The minimum atomic E-state index is -0.0716. The van der Waals surface area contributed by atoms with E-state index >= 15 is 0 Å². The molecule has 6 nitrogen and oxygen atoms in total. The average Bonchev–Trinajstić information content (AvgIpc) is 2.95. The van der Waals surface area contributed by atoms with Gasteiger partial charge in [-0.3, -0.25) is 4.90 Å². The van der Waals surface area contributed by atoms with Crippen LogP contribution in [-0.2, 0) is 6.54 Å². The van der Waals surface area contributed by atoms with Gasteiger partial charge in [0.2, 0.25) is 0 Å². The molecule has 1 aliphatic rings. The molecule has 6 heteroatoms. The van der Waals surface area contributed by atoms with Gasteiger partial charge in [0.05, 0.1) is 5.69 Å². The summed E-state index contributed by atoms with van der Waals surface area (Å²) in [5.74, 6) is 1.64. The van der Waals surface area contributed by atoms with E-state index in [1.54, 1.807) is 6.26 Å². The fourth-order valence-electron chi connectivity index (χ4n) is 2.81. The molecule has 22 heavy (non-hydrogen) atoms. The number of urea groups is 1. The molecule has 0 unspecified atom stereocenters. The van der Waals surface area contributed by atoms with E-state index in [2.05, 4.69) is 34.4 Å². The summed E-state index contributed by atoms with van der Waals surface area (Å²) in [4.78, 5) is 18.4. The number of rotatable bonds is 6. The highest BCUT2D eigenvalue weighted by Crippen LogP contribution is 2.19. The number of carbonyl (C=O) groups is 1. The quantitative estimate of drug-likeness (QED) is 0.846. The molecular weight excluding hydrogens is 280 g/mol. The van der Waals surface area contributed by atoms with Gasteiger partial charge in [0.25, 0.3) is 0 Å². The lowest BCUT2D eigenvalue weighted by molar-refractivity contribution is 0.163. The SMILES string of the molecule is CCNC(=O)NC[C@H]1CCCN(Cc2coc(C(C)C)n2)C1. The lowest BCUT2D eigenvalue weighted by Crippen LogP contribution is -2.43. The predicted octanol–water partition coefficient (Wildman–Crippen LogP) is 2.33. The Morgan fingerprint density at radius 1 is 1.50 bits per heavy atom. The monoisotopic (exact) mass is 308 g/mol. The molecular formula is C16H28N4O2. The molecule has 1 aliphatic heterocycles. The molecule has 0 aromatic carbocycles. The van der Waals surface area contributed by atoms with Gasteiger partial charge >= 0.3 is 6.03 Å². The highest BCUT2D eigenvalue weighted by atomic mass is 16.3. The van der Waals surface area contributed by atoms with Gasteiger partial charge in [0.1, 0.15) is 6.26 Å². The van der Waals surface area contributed by atoms with E-state index < -0.39 is 0 Å². The third kappa shape index (κ3) is 5.02. The molecule has 2 heterocycles. The van der Waals surface area contributed by atoms with Crippen molar-refractivity contribution in [2.45, 2.75) is 46.1 Å². The maximum atomic E-state index is 11.5. The Kier molecular flexibility index (Phi) is 6.24. The van der Waals surface area contributed by atoms with E-state index in [1.807, 2.05) is 6.92 Å². The van der Waals surface area contributed by atoms with Gasteiger partial charge in [-0.05, 0) is 32.2 Å². The average molecular weight is 308 g/mol. The number of amides is 2. The van der Waals surface area contributed by atoms with Gasteiger partial charge in [0.15, 0.2) is 5.89 Å². The summed E-state index contributed by atoms with van der Waals surface area (Å²) in [5.41, 5.74) is 1.00. The molecule has 0 aliphatic carbocycles. The van der Waals surface area contributed by atoms with Gasteiger partial charge in [-0.15, -0.1) is 0 Å². The molecule has 1 aromatic rings. The van der Waals surface area contributed by atoms with Crippen molar-refractivity contribution in [3.8, 4) is 0 Å². The Labute approximate surface area is 132 Å². The molecule has 1 saturated heterocycles. The van der Waals surface area contributed by atoms with E-state index in [1.165, 1.54) is 6.42 Å². The van der Waals surface area contributed by atoms with E-state index in [0.717, 1.165) is 44.2 Å². The summed E-state index contributed by atoms with van der Waals surface area (Å²) >= 11 is 0. The van der Waals surface area contributed by atoms with Crippen LogP contribution in [0.5, 0.6) is 0 Å². The highest BCUT2D eigenvalue weighted by Gasteiger charge is 2.21. The first-order valence-corrected chi connectivity index (χ1v) is 8.26. The maximum Gasteiger partial charge on any atom is 0.314 e. The Hall–Kier alpha value is -1.56. The highest BCUT2D eigenvalue weighted by molar-refractivity contribution is 5.73. The van der Waals surface area contributed by atoms with Crippen molar-refractivity contribution in [3.63, 3.8) is 0 Å². The van der Waals surface area contributed by atoms with Crippen molar-refractivity contribution in [2.75, 3.05) is 26.2 Å². The Balaban J connectivity index is 1.78. The van der Waals surface area contributed by atoms with Crippen molar-refractivity contribution >= 4 is 6.03 Å². The predicted molar refractivity (Wildman–Crippen MR) is 85.7 cm³/mol. The zero-order valence-electron chi connectivity index (χ0n) is 13.9. The summed E-state index contributed by atoms with van der Waals surface area (Å²) in [6.07, 6.45) is 4.10. The van der Waals surface area contributed by atoms with Crippen LogP contribution >= 0.6 is 0 Å². The number of hydrogen-bond donors (Lipinski definition) is 2. The molecule has 0 saturated carbocycles. The first-order valence-electron chi connectivity index (χ1n) is 8.26. The Morgan fingerprint density at radius 3 is 3.00 bits per heavy atom. The summed E-state index contributed by atoms with van der Waals surface area (Å²) in [5, 5.41) is 5.71. The molecule has 0 bridgehead atoms. The van der Waals surface area contributed by atoms with Crippen molar-refractivity contribution in [2.24, 2.45) is 5.92 Å². The zero-order chi connectivity index (χ0) is 15.9. The van der Waals surface area contributed by atoms with E-state index in [4.69, 9.17) is 4.42 Å². The minimum absolute atomic E-state index is 0.0716. The molecule has 124 valence electrons. The first-order chi connectivity index (χ1) is 10.6. The van der Waals surface area contributed by atoms with Crippen LogP contribution < -0.4 is 10.6 Å². The number of nitrogens with zero attached hydrogens (tertiary/aromatic N) is 2. The van der Waals surface area contributed by atoms with Crippen LogP contribution in [0.15, 0.2) is 10.7 Å². The van der Waals surface area contributed by atoms with Gasteiger partial charge < -0.3 is 15.1 Å². The van der Waals surface area contributed by atoms with Gasteiger partial charge in [-0.25, -0.2) is 9.78 Å². The van der Waals surface area contributed by atoms with Crippen molar-refractivity contribution in [1.82, 2.24) is 20.5 Å². The second-order valence-electron chi connectivity index (χ2n) is 6.32. The number of nitrogens with one attached hydrogen (secondary N) is 2. The van der Waals surface area contributed by atoms with Crippen molar-refractivity contribution in [1.29, 1.82) is 0 Å². The Bertz CT molecular complexity index is 472. The van der Waals surface area contributed by atoms with Crippen LogP contribution in [0.3, 0.4) is 0 Å². The van der Waals surface area contributed by atoms with Crippen LogP contribution in [0.25, 0.3) is 0 Å². The zero-order valence-corrected chi connectivity index (χ0v) is 13.9. The Morgan fingerprint density at radius 2 is 2.32 bits per heavy atom. The normalized spacial score (nSPS) is 19.4. The number of piperidine rings is 1. The summed E-state index contributed by atoms with van der Waals surface area (Å²) < 4.78 is 5.50. The largest absolute Gasteiger partial charge is 0.448 e. The summed E-state index contributed by atoms with van der Waals surface area (Å²) in [6, 6.07) is -0.0716. The lowest BCUT2D eigenvalue weighted by Gasteiger charge is -2.32. The molecule has 2 rings (SSSR count). The lowest BCUT2D eigenvalue weighted by atomic mass is 9.98.